The Kier molecular flexibility index (Phi) is 3.37. The first kappa shape index (κ1) is 12.1. The quantitative estimate of drug-likeness (QED) is 0.841. The summed E-state index contributed by atoms with van der Waals surface area (Å²) in [4.78, 5) is 0.285. The van der Waals surface area contributed by atoms with Gasteiger partial charge in [0.05, 0.1) is 4.90 Å². The number of rotatable bonds is 2. The maximum Gasteiger partial charge on any atom is 0.244 e. The van der Waals surface area contributed by atoms with Gasteiger partial charge in [0.2, 0.25) is 10.0 Å². The summed E-state index contributed by atoms with van der Waals surface area (Å²) in [5.41, 5.74) is 0. The molecular weight excluding hydrogens is 290 g/mol. The lowest BCUT2D eigenvalue weighted by atomic mass is 10.3. The van der Waals surface area contributed by atoms with Gasteiger partial charge in [-0.3, -0.25) is 0 Å². The Morgan fingerprint density at radius 2 is 2.06 bits per heavy atom. The molecule has 86 valence electrons. The van der Waals surface area contributed by atoms with E-state index >= 15 is 0 Å². The summed E-state index contributed by atoms with van der Waals surface area (Å²) in [5.74, 6) is 0. The first-order chi connectivity index (χ1) is 7.53. The third-order valence-electron chi connectivity index (χ3n) is 2.67. The Morgan fingerprint density at radius 1 is 1.38 bits per heavy atom. The van der Waals surface area contributed by atoms with Gasteiger partial charge in [-0.1, -0.05) is 12.1 Å². The van der Waals surface area contributed by atoms with Crippen molar-refractivity contribution in [3.63, 3.8) is 0 Å². The Bertz CT molecular complexity index is 487. The average Bonchev–Trinajstić information content (AvgIpc) is 2.65. The van der Waals surface area contributed by atoms with Crippen LogP contribution in [-0.4, -0.2) is 25.3 Å². The topological polar surface area (TPSA) is 37.4 Å². The molecule has 1 heterocycles. The minimum atomic E-state index is -3.46. The fourth-order valence-electron chi connectivity index (χ4n) is 1.84. The van der Waals surface area contributed by atoms with Crippen LogP contribution in [0.1, 0.15) is 12.8 Å². The Morgan fingerprint density at radius 3 is 2.62 bits per heavy atom. The fourth-order valence-corrected chi connectivity index (χ4v) is 4.39. The smallest absolute Gasteiger partial charge is 0.207 e. The standard InChI is InChI=1S/C11H12BrNO2S/c1-9-5-4-8-13(9)16(14,15)11-7-3-2-6-10(11)12/h1-3,6-7,9H,4-5,8H2/t9-/m0/s1. The van der Waals surface area contributed by atoms with E-state index in [0.29, 0.717) is 11.0 Å². The highest BCUT2D eigenvalue weighted by atomic mass is 79.9. The van der Waals surface area contributed by atoms with Gasteiger partial charge < -0.3 is 0 Å². The molecule has 3 nitrogen and oxygen atoms in total. The molecule has 1 saturated heterocycles. The third kappa shape index (κ3) is 2.04. The highest BCUT2D eigenvalue weighted by Gasteiger charge is 2.33. The van der Waals surface area contributed by atoms with Crippen LogP contribution >= 0.6 is 15.9 Å². The second-order valence-electron chi connectivity index (χ2n) is 3.76. The summed E-state index contributed by atoms with van der Waals surface area (Å²) in [6.45, 7) is 6.29. The molecule has 0 saturated carbocycles. The predicted octanol–water partition coefficient (Wildman–Crippen LogP) is 2.31. The lowest BCUT2D eigenvalue weighted by Gasteiger charge is -2.21. The summed E-state index contributed by atoms with van der Waals surface area (Å²) in [7, 11) is -3.46. The third-order valence-corrected chi connectivity index (χ3v) is 5.61. The highest BCUT2D eigenvalue weighted by molar-refractivity contribution is 9.10. The number of sulfonamides is 1. The number of halogens is 1. The van der Waals surface area contributed by atoms with Gasteiger partial charge in [0.15, 0.2) is 0 Å². The molecular formula is C11H12BrNO2S. The molecule has 2 radical (unpaired) electrons. The fraction of sp³-hybridized carbons (Fsp3) is 0.364. The van der Waals surface area contributed by atoms with E-state index in [1.54, 1.807) is 24.3 Å². The number of hydrogen-bond acceptors (Lipinski definition) is 2. The van der Waals surface area contributed by atoms with Crippen LogP contribution in [-0.2, 0) is 10.0 Å². The molecule has 1 fully saturated rings. The maximum atomic E-state index is 12.3. The Labute approximate surface area is 105 Å². The van der Waals surface area contributed by atoms with Crippen LogP contribution in [0.25, 0.3) is 0 Å². The molecule has 1 aliphatic heterocycles. The molecule has 2 rings (SSSR count). The van der Waals surface area contributed by atoms with Crippen molar-refractivity contribution in [1.82, 2.24) is 4.31 Å². The van der Waals surface area contributed by atoms with Crippen LogP contribution in [0.15, 0.2) is 33.6 Å². The molecule has 0 aliphatic carbocycles. The first-order valence-corrected chi connectivity index (χ1v) is 7.29. The van der Waals surface area contributed by atoms with Crippen LogP contribution in [0.4, 0.5) is 0 Å². The van der Waals surface area contributed by atoms with Gasteiger partial charge in [-0.2, -0.15) is 4.31 Å². The highest BCUT2D eigenvalue weighted by Crippen LogP contribution is 2.29. The van der Waals surface area contributed by atoms with E-state index in [4.69, 9.17) is 6.92 Å². The minimum Gasteiger partial charge on any atom is -0.207 e. The van der Waals surface area contributed by atoms with E-state index in [2.05, 4.69) is 15.9 Å². The van der Waals surface area contributed by atoms with Gasteiger partial charge in [0, 0.05) is 17.1 Å². The van der Waals surface area contributed by atoms with E-state index in [0.717, 1.165) is 12.8 Å². The van der Waals surface area contributed by atoms with Crippen LogP contribution in [0.5, 0.6) is 0 Å². The van der Waals surface area contributed by atoms with Gasteiger partial charge in [-0.15, -0.1) is 0 Å². The predicted molar refractivity (Wildman–Crippen MR) is 65.4 cm³/mol. The number of nitrogens with zero attached hydrogens (tertiary/aromatic N) is 1. The van der Waals surface area contributed by atoms with Crippen molar-refractivity contribution in [3.05, 3.63) is 35.7 Å². The summed E-state index contributed by atoms with van der Waals surface area (Å²) in [5, 5.41) is 0. The number of hydrogen-bond donors (Lipinski definition) is 0. The summed E-state index contributed by atoms with van der Waals surface area (Å²) in [6.07, 6.45) is 1.55. The van der Waals surface area contributed by atoms with Crippen molar-refractivity contribution in [2.45, 2.75) is 23.8 Å². The van der Waals surface area contributed by atoms with Crippen LogP contribution in [0.2, 0.25) is 0 Å². The monoisotopic (exact) mass is 301 g/mol. The van der Waals surface area contributed by atoms with Crippen LogP contribution < -0.4 is 0 Å². The van der Waals surface area contributed by atoms with E-state index in [-0.39, 0.29) is 4.90 Å². The Balaban J connectivity index is 2.43. The molecule has 5 heteroatoms. The lowest BCUT2D eigenvalue weighted by Crippen LogP contribution is -2.34. The molecule has 0 bridgehead atoms. The molecule has 16 heavy (non-hydrogen) atoms. The maximum absolute atomic E-state index is 12.3. The second kappa shape index (κ2) is 4.47. The summed E-state index contributed by atoms with van der Waals surface area (Å²) in [6, 6.07) is 6.41. The van der Waals surface area contributed by atoms with Crippen molar-refractivity contribution in [2.24, 2.45) is 0 Å². The van der Waals surface area contributed by atoms with Gasteiger partial charge in [-0.25, -0.2) is 8.42 Å². The van der Waals surface area contributed by atoms with E-state index in [1.807, 2.05) is 0 Å². The van der Waals surface area contributed by atoms with Gasteiger partial charge in [0.25, 0.3) is 0 Å². The summed E-state index contributed by atoms with van der Waals surface area (Å²) >= 11 is 3.25. The van der Waals surface area contributed by atoms with Crippen LogP contribution in [0.3, 0.4) is 0 Å². The SMILES string of the molecule is [CH][C@H]1CCCN1S(=O)(=O)c1ccccc1Br. The molecule has 0 N–H and O–H groups in total. The van der Waals surface area contributed by atoms with Crippen molar-refractivity contribution in [1.29, 1.82) is 0 Å². The van der Waals surface area contributed by atoms with E-state index in [9.17, 15) is 8.42 Å². The van der Waals surface area contributed by atoms with Crippen molar-refractivity contribution in [3.8, 4) is 0 Å². The molecule has 0 amide bonds. The van der Waals surface area contributed by atoms with E-state index in [1.165, 1.54) is 4.31 Å². The minimum absolute atomic E-state index is 0.285. The molecule has 0 aromatic heterocycles. The second-order valence-corrected chi connectivity index (χ2v) is 6.47. The van der Waals surface area contributed by atoms with E-state index < -0.39 is 16.1 Å². The first-order valence-electron chi connectivity index (χ1n) is 5.05. The van der Waals surface area contributed by atoms with Crippen LogP contribution in [0, 0.1) is 6.92 Å². The zero-order valence-corrected chi connectivity index (χ0v) is 11.0. The van der Waals surface area contributed by atoms with Crippen molar-refractivity contribution >= 4 is 26.0 Å². The molecule has 1 aromatic rings. The normalized spacial score (nSPS) is 22.5. The van der Waals surface area contributed by atoms with Crippen molar-refractivity contribution in [2.75, 3.05) is 6.54 Å². The molecule has 0 spiro atoms. The number of benzene rings is 1. The zero-order valence-electron chi connectivity index (χ0n) is 8.64. The van der Waals surface area contributed by atoms with Gasteiger partial charge in [-0.05, 0) is 47.8 Å². The lowest BCUT2D eigenvalue weighted by molar-refractivity contribution is 0.430. The average molecular weight is 302 g/mol. The van der Waals surface area contributed by atoms with Gasteiger partial charge in [0.1, 0.15) is 0 Å². The molecule has 1 aliphatic rings. The summed E-state index contributed by atoms with van der Waals surface area (Å²) < 4.78 is 26.5. The Hall–Kier alpha value is -0.390. The molecule has 1 atom stereocenters. The molecule has 1 aromatic carbocycles. The van der Waals surface area contributed by atoms with Crippen molar-refractivity contribution < 1.29 is 8.42 Å². The molecule has 0 unspecified atom stereocenters. The van der Waals surface area contributed by atoms with Gasteiger partial charge >= 0.3 is 0 Å². The zero-order chi connectivity index (χ0) is 11.8. The largest absolute Gasteiger partial charge is 0.244 e.